The van der Waals surface area contributed by atoms with E-state index in [1.165, 1.54) is 12.4 Å². The summed E-state index contributed by atoms with van der Waals surface area (Å²) in [6.07, 6.45) is 1.42. The van der Waals surface area contributed by atoms with E-state index in [9.17, 15) is 19.5 Å². The minimum atomic E-state index is -1.26. The molecule has 2 atom stereocenters. The van der Waals surface area contributed by atoms with Crippen LogP contribution in [0.2, 0.25) is 0 Å². The highest BCUT2D eigenvalue weighted by Gasteiger charge is 2.25. The zero-order valence-corrected chi connectivity index (χ0v) is 19.3. The van der Waals surface area contributed by atoms with E-state index >= 15 is 0 Å². The first-order valence-corrected chi connectivity index (χ1v) is 11.5. The van der Waals surface area contributed by atoms with Crippen LogP contribution in [0.4, 0.5) is 0 Å². The van der Waals surface area contributed by atoms with Crippen LogP contribution in [0.3, 0.4) is 0 Å². The molecule has 5 N–H and O–H groups in total. The Morgan fingerprint density at radius 3 is 2.26 bits per heavy atom. The number of aliphatic hydroxyl groups is 1. The Labute approximate surface area is 199 Å². The molecule has 9 nitrogen and oxygen atoms in total. The fourth-order valence-electron chi connectivity index (χ4n) is 3.90. The smallest absolute Gasteiger partial charge is 0.268 e. The molecular weight excluding hydrogens is 436 g/mol. The quantitative estimate of drug-likeness (QED) is 0.193. The highest BCUT2D eigenvalue weighted by atomic mass is 16.5. The van der Waals surface area contributed by atoms with Crippen molar-refractivity contribution in [1.82, 2.24) is 21.0 Å². The van der Waals surface area contributed by atoms with Gasteiger partial charge in [0, 0.05) is 31.6 Å². The van der Waals surface area contributed by atoms with E-state index < -0.39 is 24.0 Å². The molecule has 0 aliphatic carbocycles. The normalized spacial score (nSPS) is 15.1. The van der Waals surface area contributed by atoms with Gasteiger partial charge in [0.15, 0.2) is 0 Å². The molecule has 1 heterocycles. The van der Waals surface area contributed by atoms with Crippen LogP contribution in [0.25, 0.3) is 11.1 Å². The summed E-state index contributed by atoms with van der Waals surface area (Å²) in [5.41, 5.74) is 4.87. The fourth-order valence-corrected chi connectivity index (χ4v) is 3.90. The van der Waals surface area contributed by atoms with Crippen LogP contribution >= 0.6 is 0 Å². The highest BCUT2D eigenvalue weighted by molar-refractivity contribution is 5.97. The summed E-state index contributed by atoms with van der Waals surface area (Å²) in [5.74, 6) is -1.16. The molecule has 0 aromatic heterocycles. The molecule has 0 saturated carbocycles. The molecule has 9 heteroatoms. The van der Waals surface area contributed by atoms with Crippen LogP contribution in [0.1, 0.15) is 42.1 Å². The number of hydrogen-bond acceptors (Lipinski definition) is 6. The van der Waals surface area contributed by atoms with Crippen molar-refractivity contribution >= 4 is 17.7 Å². The van der Waals surface area contributed by atoms with Gasteiger partial charge >= 0.3 is 0 Å². The number of benzene rings is 2. The van der Waals surface area contributed by atoms with Crippen LogP contribution in [-0.2, 0) is 16.1 Å². The van der Waals surface area contributed by atoms with E-state index in [4.69, 9.17) is 5.21 Å². The SMILES string of the molecule is C[C@@H](O)[C@H](NC(=O)c1ccc(-c2ccc(CNCCCN3CCCC3=O)cc2)cc1)C(=O)NO. The van der Waals surface area contributed by atoms with E-state index in [0.29, 0.717) is 12.0 Å². The van der Waals surface area contributed by atoms with E-state index in [1.54, 1.807) is 12.1 Å². The van der Waals surface area contributed by atoms with E-state index in [2.05, 4.69) is 10.6 Å². The summed E-state index contributed by atoms with van der Waals surface area (Å²) in [6.45, 7) is 4.64. The third-order valence-corrected chi connectivity index (χ3v) is 5.88. The molecule has 34 heavy (non-hydrogen) atoms. The zero-order valence-electron chi connectivity index (χ0n) is 19.3. The minimum Gasteiger partial charge on any atom is -0.391 e. The maximum atomic E-state index is 12.4. The van der Waals surface area contributed by atoms with Gasteiger partial charge in [0.2, 0.25) is 5.91 Å². The number of nitrogens with zero attached hydrogens (tertiary/aromatic N) is 1. The molecule has 2 aromatic rings. The minimum absolute atomic E-state index is 0.266. The number of carbonyl (C=O) groups excluding carboxylic acids is 3. The Hall–Kier alpha value is -3.27. The lowest BCUT2D eigenvalue weighted by molar-refractivity contribution is -0.133. The van der Waals surface area contributed by atoms with Gasteiger partial charge in [0.1, 0.15) is 6.04 Å². The maximum absolute atomic E-state index is 12.4. The molecule has 2 aromatic carbocycles. The van der Waals surface area contributed by atoms with Gasteiger partial charge in [-0.15, -0.1) is 0 Å². The second-order valence-corrected chi connectivity index (χ2v) is 8.46. The maximum Gasteiger partial charge on any atom is 0.268 e. The van der Waals surface area contributed by atoms with Crippen LogP contribution in [0.5, 0.6) is 0 Å². The number of likely N-dealkylation sites (tertiary alicyclic amines) is 1. The van der Waals surface area contributed by atoms with Crippen molar-refractivity contribution in [2.24, 2.45) is 0 Å². The summed E-state index contributed by atoms with van der Waals surface area (Å²) in [4.78, 5) is 37.5. The lowest BCUT2D eigenvalue weighted by Gasteiger charge is -2.19. The lowest BCUT2D eigenvalue weighted by Crippen LogP contribution is -2.51. The molecule has 0 bridgehead atoms. The fraction of sp³-hybridized carbons (Fsp3) is 0.400. The van der Waals surface area contributed by atoms with Crippen molar-refractivity contribution in [3.05, 3.63) is 59.7 Å². The average Bonchev–Trinajstić information content (AvgIpc) is 3.26. The van der Waals surface area contributed by atoms with Gasteiger partial charge in [-0.3, -0.25) is 19.6 Å². The number of rotatable bonds is 11. The molecule has 0 radical (unpaired) electrons. The Kier molecular flexibility index (Phi) is 9.15. The number of aliphatic hydroxyl groups excluding tert-OH is 1. The van der Waals surface area contributed by atoms with Crippen molar-refractivity contribution in [3.63, 3.8) is 0 Å². The predicted octanol–water partition coefficient (Wildman–Crippen LogP) is 1.44. The monoisotopic (exact) mass is 468 g/mol. The molecular formula is C25H32N4O5. The molecule has 0 spiro atoms. The Balaban J connectivity index is 1.48. The molecule has 1 aliphatic rings. The molecule has 0 unspecified atom stereocenters. The molecule has 3 amide bonds. The van der Waals surface area contributed by atoms with Crippen molar-refractivity contribution in [3.8, 4) is 11.1 Å². The third-order valence-electron chi connectivity index (χ3n) is 5.88. The first-order chi connectivity index (χ1) is 16.4. The number of hydrogen-bond donors (Lipinski definition) is 5. The highest BCUT2D eigenvalue weighted by Crippen LogP contribution is 2.20. The van der Waals surface area contributed by atoms with Crippen LogP contribution in [0, 0.1) is 0 Å². The first kappa shape index (κ1) is 25.4. The van der Waals surface area contributed by atoms with Crippen molar-refractivity contribution < 1.29 is 24.7 Å². The Morgan fingerprint density at radius 1 is 1.06 bits per heavy atom. The van der Waals surface area contributed by atoms with Crippen LogP contribution in [0.15, 0.2) is 48.5 Å². The van der Waals surface area contributed by atoms with Crippen molar-refractivity contribution in [2.75, 3.05) is 19.6 Å². The van der Waals surface area contributed by atoms with Gasteiger partial charge < -0.3 is 20.6 Å². The van der Waals surface area contributed by atoms with Gasteiger partial charge in [-0.05, 0) is 55.1 Å². The van der Waals surface area contributed by atoms with Crippen LogP contribution < -0.4 is 16.1 Å². The summed E-state index contributed by atoms with van der Waals surface area (Å²) in [7, 11) is 0. The second kappa shape index (κ2) is 12.3. The Bertz CT molecular complexity index is 976. The Morgan fingerprint density at radius 2 is 1.71 bits per heavy atom. The van der Waals surface area contributed by atoms with Crippen LogP contribution in [-0.4, -0.2) is 64.7 Å². The first-order valence-electron chi connectivity index (χ1n) is 11.5. The summed E-state index contributed by atoms with van der Waals surface area (Å²) < 4.78 is 0. The standard InChI is InChI=1S/C25H32N4O5/c1-17(30)23(25(33)28-34)27-24(32)21-11-9-20(10-12-21)19-7-5-18(6-8-19)16-26-13-3-15-29-14-2-4-22(29)31/h5-12,17,23,26,30,34H,2-4,13-16H2,1H3,(H,27,32)(H,28,33)/t17-,23+/m1/s1. The molecule has 182 valence electrons. The number of carbonyl (C=O) groups is 3. The number of nitrogens with one attached hydrogen (secondary N) is 3. The number of amides is 3. The van der Waals surface area contributed by atoms with Crippen molar-refractivity contribution in [2.45, 2.75) is 44.9 Å². The number of hydroxylamine groups is 1. The molecule has 1 saturated heterocycles. The average molecular weight is 469 g/mol. The van der Waals surface area contributed by atoms with E-state index in [-0.39, 0.29) is 5.91 Å². The van der Waals surface area contributed by atoms with Gasteiger partial charge in [-0.1, -0.05) is 36.4 Å². The zero-order chi connectivity index (χ0) is 24.5. The summed E-state index contributed by atoms with van der Waals surface area (Å²) in [6, 6.07) is 13.8. The topological polar surface area (TPSA) is 131 Å². The molecule has 1 aliphatic heterocycles. The molecule has 1 fully saturated rings. The summed E-state index contributed by atoms with van der Waals surface area (Å²) >= 11 is 0. The lowest BCUT2D eigenvalue weighted by atomic mass is 10.0. The second-order valence-electron chi connectivity index (χ2n) is 8.46. The summed E-state index contributed by atoms with van der Waals surface area (Å²) in [5, 5.41) is 24.2. The predicted molar refractivity (Wildman–Crippen MR) is 127 cm³/mol. The van der Waals surface area contributed by atoms with Gasteiger partial charge in [-0.2, -0.15) is 0 Å². The van der Waals surface area contributed by atoms with Crippen molar-refractivity contribution in [1.29, 1.82) is 0 Å². The van der Waals surface area contributed by atoms with Gasteiger partial charge in [0.25, 0.3) is 11.8 Å². The van der Waals surface area contributed by atoms with Gasteiger partial charge in [0.05, 0.1) is 6.10 Å². The van der Waals surface area contributed by atoms with E-state index in [1.807, 2.05) is 41.3 Å². The van der Waals surface area contributed by atoms with E-state index in [0.717, 1.165) is 55.7 Å². The third kappa shape index (κ3) is 6.86. The molecule has 3 rings (SSSR count). The largest absolute Gasteiger partial charge is 0.391 e. The van der Waals surface area contributed by atoms with Gasteiger partial charge in [-0.25, -0.2) is 5.48 Å².